The van der Waals surface area contributed by atoms with Gasteiger partial charge in [-0.3, -0.25) is 4.79 Å². The predicted molar refractivity (Wildman–Crippen MR) is 81.1 cm³/mol. The summed E-state index contributed by atoms with van der Waals surface area (Å²) in [4.78, 5) is 16.5. The van der Waals surface area contributed by atoms with Gasteiger partial charge in [0.05, 0.1) is 6.42 Å². The van der Waals surface area contributed by atoms with Crippen molar-refractivity contribution in [2.24, 2.45) is 0 Å². The van der Waals surface area contributed by atoms with Gasteiger partial charge in [-0.2, -0.15) is 0 Å². The van der Waals surface area contributed by atoms with Crippen LogP contribution in [-0.4, -0.2) is 15.3 Å². The van der Waals surface area contributed by atoms with E-state index in [1.807, 2.05) is 42.0 Å². The van der Waals surface area contributed by atoms with Crippen LogP contribution >= 0.6 is 0 Å². The van der Waals surface area contributed by atoms with Crippen molar-refractivity contribution in [1.82, 2.24) is 9.55 Å². The van der Waals surface area contributed by atoms with Gasteiger partial charge in [0, 0.05) is 24.5 Å². The maximum Gasteiger partial charge on any atom is 0.170 e. The fourth-order valence-corrected chi connectivity index (χ4v) is 2.20. The molecule has 0 radical (unpaired) electrons. The maximum absolute atomic E-state index is 12.3. The lowest BCUT2D eigenvalue weighted by molar-refractivity contribution is 0.0989. The number of ketones is 1. The predicted octanol–water partition coefficient (Wildman–Crippen LogP) is 3.63. The first-order valence-corrected chi connectivity index (χ1v) is 7.05. The number of imidazole rings is 1. The average molecular weight is 270 g/mol. The van der Waals surface area contributed by atoms with E-state index in [2.05, 4.69) is 25.8 Å². The van der Waals surface area contributed by atoms with Crippen molar-refractivity contribution in [2.45, 2.75) is 46.1 Å². The van der Waals surface area contributed by atoms with E-state index in [1.165, 1.54) is 5.56 Å². The van der Waals surface area contributed by atoms with Crippen LogP contribution in [0.2, 0.25) is 0 Å². The van der Waals surface area contributed by atoms with Gasteiger partial charge in [-0.05, 0) is 17.9 Å². The summed E-state index contributed by atoms with van der Waals surface area (Å²) in [5.41, 5.74) is 2.10. The number of hydrogen-bond acceptors (Lipinski definition) is 2. The summed E-state index contributed by atoms with van der Waals surface area (Å²) in [5.74, 6) is 0.948. The van der Waals surface area contributed by atoms with Crippen molar-refractivity contribution in [3.63, 3.8) is 0 Å². The Labute approximate surface area is 120 Å². The van der Waals surface area contributed by atoms with Crippen LogP contribution < -0.4 is 0 Å². The molecule has 20 heavy (non-hydrogen) atoms. The monoisotopic (exact) mass is 270 g/mol. The maximum atomic E-state index is 12.3. The lowest BCUT2D eigenvalue weighted by atomic mass is 9.86. The number of rotatable bonds is 4. The highest BCUT2D eigenvalue weighted by Crippen LogP contribution is 2.22. The van der Waals surface area contributed by atoms with Crippen molar-refractivity contribution >= 4 is 5.78 Å². The third kappa shape index (κ3) is 3.16. The second-order valence-electron chi connectivity index (χ2n) is 6.06. The molecule has 2 rings (SSSR count). The molecule has 106 valence electrons. The van der Waals surface area contributed by atoms with Gasteiger partial charge in [0.1, 0.15) is 5.82 Å². The first-order valence-electron chi connectivity index (χ1n) is 7.05. The van der Waals surface area contributed by atoms with Crippen LogP contribution in [0.15, 0.2) is 36.7 Å². The number of carbonyl (C=O) groups is 1. The number of benzene rings is 1. The lowest BCUT2D eigenvalue weighted by Gasteiger charge is -2.19. The second kappa shape index (κ2) is 5.61. The number of carbonyl (C=O) groups excluding carboxylic acids is 1. The first kappa shape index (κ1) is 14.5. The van der Waals surface area contributed by atoms with E-state index >= 15 is 0 Å². The minimum Gasteiger partial charge on any atom is -0.335 e. The number of aromatic nitrogens is 2. The fourth-order valence-electron chi connectivity index (χ4n) is 2.20. The molecule has 3 heteroatoms. The van der Waals surface area contributed by atoms with Crippen LogP contribution in [0.5, 0.6) is 0 Å². The molecule has 0 amide bonds. The van der Waals surface area contributed by atoms with Gasteiger partial charge in [-0.1, -0.05) is 45.0 Å². The van der Waals surface area contributed by atoms with Gasteiger partial charge in [-0.25, -0.2) is 4.98 Å². The molecule has 0 atom stereocenters. The smallest absolute Gasteiger partial charge is 0.170 e. The highest BCUT2D eigenvalue weighted by Gasteiger charge is 2.15. The average Bonchev–Trinajstić information content (AvgIpc) is 2.85. The minimum atomic E-state index is 0.111. The van der Waals surface area contributed by atoms with Crippen LogP contribution in [-0.2, 0) is 18.4 Å². The van der Waals surface area contributed by atoms with E-state index in [-0.39, 0.29) is 11.2 Å². The zero-order valence-corrected chi connectivity index (χ0v) is 12.7. The minimum absolute atomic E-state index is 0.111. The number of nitrogens with zero attached hydrogens (tertiary/aromatic N) is 2. The van der Waals surface area contributed by atoms with Gasteiger partial charge in [-0.15, -0.1) is 0 Å². The molecule has 0 aliphatic rings. The topological polar surface area (TPSA) is 34.9 Å². The molecule has 0 N–H and O–H groups in total. The Morgan fingerprint density at radius 3 is 2.40 bits per heavy atom. The van der Waals surface area contributed by atoms with Crippen molar-refractivity contribution in [1.29, 1.82) is 0 Å². The van der Waals surface area contributed by atoms with Crippen LogP contribution in [0.25, 0.3) is 0 Å². The molecule has 1 aromatic carbocycles. The summed E-state index contributed by atoms with van der Waals surface area (Å²) in [6, 6.07) is 7.92. The molecule has 0 bridgehead atoms. The third-order valence-corrected chi connectivity index (χ3v) is 3.53. The molecule has 0 fully saturated rings. The highest BCUT2D eigenvalue weighted by atomic mass is 16.1. The second-order valence-corrected chi connectivity index (χ2v) is 6.06. The third-order valence-electron chi connectivity index (χ3n) is 3.53. The molecule has 0 saturated heterocycles. The molecule has 1 aromatic heterocycles. The van der Waals surface area contributed by atoms with Gasteiger partial charge < -0.3 is 4.57 Å². The van der Waals surface area contributed by atoms with Crippen LogP contribution in [0.1, 0.15) is 49.4 Å². The Balaban J connectivity index is 2.14. The van der Waals surface area contributed by atoms with Crippen molar-refractivity contribution in [3.05, 3.63) is 53.6 Å². The summed E-state index contributed by atoms with van der Waals surface area (Å²) in [5, 5.41) is 0. The summed E-state index contributed by atoms with van der Waals surface area (Å²) in [6.07, 6.45) is 4.01. The normalized spacial score (nSPS) is 11.6. The molecular weight excluding hydrogens is 248 g/mol. The molecule has 1 heterocycles. The fraction of sp³-hybridized carbons (Fsp3) is 0.412. The molecule has 0 unspecified atom stereocenters. The summed E-state index contributed by atoms with van der Waals surface area (Å²) >= 11 is 0. The Morgan fingerprint density at radius 1 is 1.20 bits per heavy atom. The van der Waals surface area contributed by atoms with Crippen molar-refractivity contribution < 1.29 is 4.79 Å². The molecule has 0 aliphatic heterocycles. The molecular formula is C17H22N2O. The Hall–Kier alpha value is -1.90. The summed E-state index contributed by atoms with van der Waals surface area (Å²) in [6.45, 7) is 9.39. The lowest BCUT2D eigenvalue weighted by Crippen LogP contribution is -2.12. The number of aryl methyl sites for hydroxylation is 1. The SMILES string of the molecule is CCn1ccnc1CC(=O)c1ccc(C(C)(C)C)cc1. The van der Waals surface area contributed by atoms with E-state index in [9.17, 15) is 4.79 Å². The van der Waals surface area contributed by atoms with E-state index in [0.717, 1.165) is 17.9 Å². The zero-order valence-electron chi connectivity index (χ0n) is 12.7. The summed E-state index contributed by atoms with van der Waals surface area (Å²) in [7, 11) is 0. The van der Waals surface area contributed by atoms with Gasteiger partial charge >= 0.3 is 0 Å². The molecule has 3 nitrogen and oxygen atoms in total. The first-order chi connectivity index (χ1) is 9.41. The van der Waals surface area contributed by atoms with E-state index in [4.69, 9.17) is 0 Å². The molecule has 0 spiro atoms. The Morgan fingerprint density at radius 2 is 1.85 bits per heavy atom. The van der Waals surface area contributed by atoms with Crippen LogP contribution in [0.4, 0.5) is 0 Å². The van der Waals surface area contributed by atoms with Crippen LogP contribution in [0, 0.1) is 0 Å². The molecule has 0 aliphatic carbocycles. The zero-order chi connectivity index (χ0) is 14.8. The van der Waals surface area contributed by atoms with E-state index in [0.29, 0.717) is 6.42 Å². The van der Waals surface area contributed by atoms with E-state index < -0.39 is 0 Å². The van der Waals surface area contributed by atoms with Gasteiger partial charge in [0.25, 0.3) is 0 Å². The van der Waals surface area contributed by atoms with Gasteiger partial charge in [0.15, 0.2) is 5.78 Å². The van der Waals surface area contributed by atoms with Crippen molar-refractivity contribution in [3.8, 4) is 0 Å². The number of Topliss-reactive ketones (excluding diaryl/α,β-unsaturated/α-hetero) is 1. The summed E-state index contributed by atoms with van der Waals surface area (Å²) < 4.78 is 2.00. The highest BCUT2D eigenvalue weighted by molar-refractivity contribution is 5.97. The largest absolute Gasteiger partial charge is 0.335 e. The van der Waals surface area contributed by atoms with E-state index in [1.54, 1.807) is 6.20 Å². The Kier molecular flexibility index (Phi) is 4.07. The standard InChI is InChI=1S/C17H22N2O/c1-5-19-11-10-18-16(19)12-15(20)13-6-8-14(9-7-13)17(2,3)4/h6-11H,5,12H2,1-4H3. The Bertz CT molecular complexity index is 588. The van der Waals surface area contributed by atoms with Crippen molar-refractivity contribution in [2.75, 3.05) is 0 Å². The van der Waals surface area contributed by atoms with Crippen LogP contribution in [0.3, 0.4) is 0 Å². The van der Waals surface area contributed by atoms with Gasteiger partial charge in [0.2, 0.25) is 0 Å². The molecule has 2 aromatic rings. The number of hydrogen-bond donors (Lipinski definition) is 0. The molecule has 0 saturated carbocycles. The quantitative estimate of drug-likeness (QED) is 0.795.